The second kappa shape index (κ2) is 8.44. The molecule has 3 rings (SSSR count). The third-order valence-electron chi connectivity index (χ3n) is 4.15. The van der Waals surface area contributed by atoms with Crippen LogP contribution < -0.4 is 5.32 Å². The minimum atomic E-state index is -0.294. The van der Waals surface area contributed by atoms with E-state index in [0.717, 1.165) is 23.0 Å². The number of aromatic nitrogens is 2. The number of imidazole rings is 1. The van der Waals surface area contributed by atoms with Crippen molar-refractivity contribution >= 4 is 16.9 Å². The minimum Gasteiger partial charge on any atom is -0.377 e. The van der Waals surface area contributed by atoms with Gasteiger partial charge in [-0.25, -0.2) is 4.98 Å². The lowest BCUT2D eigenvalue weighted by Crippen LogP contribution is -2.31. The number of nitrogens with one attached hydrogen (secondary N) is 1. The first-order chi connectivity index (χ1) is 12.3. The molecule has 0 aliphatic heterocycles. The highest BCUT2D eigenvalue weighted by atomic mass is 16.5. The number of hydrogen-bond donors (Lipinski definition) is 1. The van der Waals surface area contributed by atoms with E-state index in [1.807, 2.05) is 66.1 Å². The number of ether oxygens (including phenoxy) is 1. The first-order valence-electron chi connectivity index (χ1n) is 8.56. The Hall–Kier alpha value is -2.66. The Labute approximate surface area is 147 Å². The largest absolute Gasteiger partial charge is 0.377 e. The smallest absolute Gasteiger partial charge is 0.242 e. The van der Waals surface area contributed by atoms with Gasteiger partial charge in [-0.3, -0.25) is 4.79 Å². The van der Waals surface area contributed by atoms with Crippen molar-refractivity contribution in [3.8, 4) is 0 Å². The van der Waals surface area contributed by atoms with Crippen LogP contribution in [0.15, 0.2) is 60.9 Å². The summed E-state index contributed by atoms with van der Waals surface area (Å²) in [7, 11) is 0. The minimum absolute atomic E-state index is 0.00814. The molecule has 0 bridgehead atoms. The van der Waals surface area contributed by atoms with E-state index in [0.29, 0.717) is 19.8 Å². The van der Waals surface area contributed by atoms with Crippen LogP contribution in [0.25, 0.3) is 11.0 Å². The summed E-state index contributed by atoms with van der Waals surface area (Å²) in [6.07, 6.45) is 2.51. The van der Waals surface area contributed by atoms with Crippen LogP contribution in [0.5, 0.6) is 0 Å². The van der Waals surface area contributed by atoms with Gasteiger partial charge in [-0.05, 0) is 31.0 Å². The van der Waals surface area contributed by atoms with Crippen molar-refractivity contribution in [2.45, 2.75) is 26.0 Å². The van der Waals surface area contributed by atoms with E-state index in [-0.39, 0.29) is 11.9 Å². The molecule has 0 unspecified atom stereocenters. The number of amides is 1. The van der Waals surface area contributed by atoms with Crippen LogP contribution in [0.1, 0.15) is 24.9 Å². The van der Waals surface area contributed by atoms with Crippen LogP contribution in [0.3, 0.4) is 0 Å². The van der Waals surface area contributed by atoms with E-state index in [1.54, 1.807) is 6.33 Å². The predicted octanol–water partition coefficient (Wildman–Crippen LogP) is 3.32. The first kappa shape index (κ1) is 17.2. The van der Waals surface area contributed by atoms with E-state index >= 15 is 0 Å². The third-order valence-corrected chi connectivity index (χ3v) is 4.15. The van der Waals surface area contributed by atoms with Gasteiger partial charge in [-0.2, -0.15) is 0 Å². The van der Waals surface area contributed by atoms with E-state index in [9.17, 15) is 4.79 Å². The number of rotatable bonds is 8. The van der Waals surface area contributed by atoms with Crippen molar-refractivity contribution in [3.63, 3.8) is 0 Å². The Morgan fingerprint density at radius 1 is 1.16 bits per heavy atom. The average molecular weight is 337 g/mol. The molecule has 0 aliphatic rings. The Bertz CT molecular complexity index is 814. The van der Waals surface area contributed by atoms with Crippen molar-refractivity contribution in [2.24, 2.45) is 0 Å². The summed E-state index contributed by atoms with van der Waals surface area (Å²) in [5, 5.41) is 2.97. The maximum absolute atomic E-state index is 12.3. The lowest BCUT2D eigenvalue weighted by molar-refractivity contribution is -0.123. The fourth-order valence-electron chi connectivity index (χ4n) is 2.71. The summed E-state index contributed by atoms with van der Waals surface area (Å²) >= 11 is 0. The maximum atomic E-state index is 12.3. The highest BCUT2D eigenvalue weighted by molar-refractivity contribution is 5.83. The molecule has 0 fully saturated rings. The van der Waals surface area contributed by atoms with Crippen molar-refractivity contribution in [1.29, 1.82) is 0 Å². The van der Waals surface area contributed by atoms with Crippen molar-refractivity contribution in [2.75, 3.05) is 13.2 Å². The zero-order chi connectivity index (χ0) is 17.5. The summed E-state index contributed by atoms with van der Waals surface area (Å²) in [4.78, 5) is 16.7. The fraction of sp³-hybridized carbons (Fsp3) is 0.300. The second-order valence-corrected chi connectivity index (χ2v) is 6.00. The lowest BCUT2D eigenvalue weighted by atomic mass is 10.2. The highest BCUT2D eigenvalue weighted by Crippen LogP contribution is 2.17. The standard InChI is InChI=1S/C20H23N3O2/c1-16(23-15-22-18-10-5-6-11-19(18)23)20(24)21-12-7-13-25-14-17-8-3-2-4-9-17/h2-6,8-11,15-16H,7,12-14H2,1H3,(H,21,24)/t16-/m0/s1. The van der Waals surface area contributed by atoms with Gasteiger partial charge in [-0.15, -0.1) is 0 Å². The van der Waals surface area contributed by atoms with Gasteiger partial charge in [0.05, 0.1) is 24.0 Å². The number of nitrogens with zero attached hydrogens (tertiary/aromatic N) is 2. The zero-order valence-corrected chi connectivity index (χ0v) is 14.4. The molecule has 2 aromatic carbocycles. The molecule has 25 heavy (non-hydrogen) atoms. The van der Waals surface area contributed by atoms with Crippen molar-refractivity contribution < 1.29 is 9.53 Å². The van der Waals surface area contributed by atoms with Gasteiger partial charge in [0.2, 0.25) is 5.91 Å². The van der Waals surface area contributed by atoms with Crippen LogP contribution in [0.2, 0.25) is 0 Å². The molecule has 1 atom stereocenters. The Morgan fingerprint density at radius 3 is 2.76 bits per heavy atom. The van der Waals surface area contributed by atoms with Crippen LogP contribution in [-0.2, 0) is 16.1 Å². The molecule has 130 valence electrons. The van der Waals surface area contributed by atoms with E-state index in [1.165, 1.54) is 0 Å². The Morgan fingerprint density at radius 2 is 1.92 bits per heavy atom. The SMILES string of the molecule is C[C@@H](C(=O)NCCCOCc1ccccc1)n1cnc2ccccc21. The number of carbonyl (C=O) groups is 1. The predicted molar refractivity (Wildman–Crippen MR) is 98.2 cm³/mol. The molecule has 1 N–H and O–H groups in total. The molecule has 5 nitrogen and oxygen atoms in total. The molecule has 1 aromatic heterocycles. The topological polar surface area (TPSA) is 56.1 Å². The summed E-state index contributed by atoms with van der Waals surface area (Å²) in [6, 6.07) is 17.6. The number of benzene rings is 2. The van der Waals surface area contributed by atoms with Gasteiger partial charge < -0.3 is 14.6 Å². The second-order valence-electron chi connectivity index (χ2n) is 6.00. The Balaban J connectivity index is 1.40. The van der Waals surface area contributed by atoms with Gasteiger partial charge in [0.25, 0.3) is 0 Å². The molecule has 0 aliphatic carbocycles. The molecule has 3 aromatic rings. The van der Waals surface area contributed by atoms with E-state index in [2.05, 4.69) is 10.3 Å². The van der Waals surface area contributed by atoms with Gasteiger partial charge in [0.1, 0.15) is 6.04 Å². The molecule has 0 saturated carbocycles. The van der Waals surface area contributed by atoms with E-state index in [4.69, 9.17) is 4.74 Å². The number of hydrogen-bond acceptors (Lipinski definition) is 3. The maximum Gasteiger partial charge on any atom is 0.242 e. The first-order valence-corrected chi connectivity index (χ1v) is 8.56. The fourth-order valence-corrected chi connectivity index (χ4v) is 2.71. The summed E-state index contributed by atoms with van der Waals surface area (Å²) < 4.78 is 7.52. The number of para-hydroxylation sites is 2. The number of fused-ring (bicyclic) bond motifs is 1. The van der Waals surface area contributed by atoms with Crippen LogP contribution in [0.4, 0.5) is 0 Å². The number of carbonyl (C=O) groups excluding carboxylic acids is 1. The lowest BCUT2D eigenvalue weighted by Gasteiger charge is -2.14. The molecule has 0 spiro atoms. The molecule has 5 heteroatoms. The van der Waals surface area contributed by atoms with Gasteiger partial charge >= 0.3 is 0 Å². The van der Waals surface area contributed by atoms with E-state index < -0.39 is 0 Å². The zero-order valence-electron chi connectivity index (χ0n) is 14.4. The summed E-state index contributed by atoms with van der Waals surface area (Å²) in [5.74, 6) is -0.00814. The normalized spacial score (nSPS) is 12.2. The van der Waals surface area contributed by atoms with Crippen molar-refractivity contribution in [3.05, 3.63) is 66.5 Å². The van der Waals surface area contributed by atoms with Gasteiger partial charge in [0, 0.05) is 13.2 Å². The van der Waals surface area contributed by atoms with Crippen molar-refractivity contribution in [1.82, 2.24) is 14.9 Å². The molecular formula is C20H23N3O2. The molecule has 1 amide bonds. The monoisotopic (exact) mass is 337 g/mol. The molecule has 0 saturated heterocycles. The average Bonchev–Trinajstić information content (AvgIpc) is 3.08. The summed E-state index contributed by atoms with van der Waals surface area (Å²) in [6.45, 7) is 3.71. The molecule has 1 heterocycles. The highest BCUT2D eigenvalue weighted by Gasteiger charge is 2.16. The Kier molecular flexibility index (Phi) is 5.80. The third kappa shape index (κ3) is 4.45. The van der Waals surface area contributed by atoms with Gasteiger partial charge in [0.15, 0.2) is 0 Å². The van der Waals surface area contributed by atoms with Gasteiger partial charge in [-0.1, -0.05) is 42.5 Å². The summed E-state index contributed by atoms with van der Waals surface area (Å²) in [5.41, 5.74) is 3.03. The quantitative estimate of drug-likeness (QED) is 0.642. The van der Waals surface area contributed by atoms with Crippen LogP contribution in [-0.4, -0.2) is 28.6 Å². The molecular weight excluding hydrogens is 314 g/mol. The van der Waals surface area contributed by atoms with Crippen LogP contribution in [0, 0.1) is 0 Å². The molecule has 0 radical (unpaired) electrons. The van der Waals surface area contributed by atoms with Crippen LogP contribution >= 0.6 is 0 Å².